The molecule has 5 rings (SSSR count). The second kappa shape index (κ2) is 8.37. The van der Waals surface area contributed by atoms with Gasteiger partial charge in [0.2, 0.25) is 5.91 Å². The van der Waals surface area contributed by atoms with Crippen LogP contribution in [0, 0.1) is 5.92 Å². The van der Waals surface area contributed by atoms with E-state index in [0.29, 0.717) is 24.1 Å². The fourth-order valence-corrected chi connectivity index (χ4v) is 4.61. The number of likely N-dealkylation sites (tertiary alicyclic amines) is 1. The lowest BCUT2D eigenvalue weighted by atomic mass is 9.91. The first kappa shape index (κ1) is 20.1. The van der Waals surface area contributed by atoms with Gasteiger partial charge in [-0.15, -0.1) is 0 Å². The van der Waals surface area contributed by atoms with Gasteiger partial charge in [0.1, 0.15) is 5.75 Å². The van der Waals surface area contributed by atoms with E-state index in [1.807, 2.05) is 42.5 Å². The number of ether oxygens (including phenoxy) is 1. The Morgan fingerprint density at radius 2 is 1.74 bits per heavy atom. The summed E-state index contributed by atoms with van der Waals surface area (Å²) in [6, 6.07) is 18.0. The SMILES string of the molecule is O=C(NC1CC1)c1ccc(OC[C@@H]2CCCN(C(=O)C3(c4ccccc4)CC3)C2)cc1. The van der Waals surface area contributed by atoms with Crippen LogP contribution in [0.2, 0.25) is 0 Å². The molecule has 1 aliphatic heterocycles. The van der Waals surface area contributed by atoms with Crippen molar-refractivity contribution in [3.8, 4) is 5.75 Å². The van der Waals surface area contributed by atoms with Gasteiger partial charge < -0.3 is 15.0 Å². The van der Waals surface area contributed by atoms with Gasteiger partial charge >= 0.3 is 0 Å². The van der Waals surface area contributed by atoms with E-state index >= 15 is 0 Å². The molecule has 0 aromatic heterocycles. The Morgan fingerprint density at radius 1 is 1.00 bits per heavy atom. The molecule has 31 heavy (non-hydrogen) atoms. The summed E-state index contributed by atoms with van der Waals surface area (Å²) in [5.74, 6) is 1.38. The van der Waals surface area contributed by atoms with Gasteiger partial charge in [0.15, 0.2) is 0 Å². The molecule has 0 unspecified atom stereocenters. The summed E-state index contributed by atoms with van der Waals surface area (Å²) in [5.41, 5.74) is 1.54. The summed E-state index contributed by atoms with van der Waals surface area (Å²) >= 11 is 0. The van der Waals surface area contributed by atoms with E-state index in [2.05, 4.69) is 22.3 Å². The molecule has 3 aliphatic rings. The molecule has 3 fully saturated rings. The third-order valence-electron chi connectivity index (χ3n) is 6.81. The van der Waals surface area contributed by atoms with Crippen LogP contribution in [0.5, 0.6) is 5.75 Å². The van der Waals surface area contributed by atoms with Crippen molar-refractivity contribution in [2.45, 2.75) is 50.0 Å². The van der Waals surface area contributed by atoms with E-state index in [9.17, 15) is 9.59 Å². The summed E-state index contributed by atoms with van der Waals surface area (Å²) in [7, 11) is 0. The van der Waals surface area contributed by atoms with Crippen molar-refractivity contribution in [1.29, 1.82) is 0 Å². The lowest BCUT2D eigenvalue weighted by Gasteiger charge is -2.35. The first-order valence-electron chi connectivity index (χ1n) is 11.5. The van der Waals surface area contributed by atoms with E-state index in [0.717, 1.165) is 62.9 Å². The highest BCUT2D eigenvalue weighted by atomic mass is 16.5. The van der Waals surface area contributed by atoms with Crippen molar-refractivity contribution < 1.29 is 14.3 Å². The zero-order chi connectivity index (χ0) is 21.3. The van der Waals surface area contributed by atoms with Crippen molar-refractivity contribution in [1.82, 2.24) is 10.2 Å². The highest BCUT2D eigenvalue weighted by Crippen LogP contribution is 2.50. The largest absolute Gasteiger partial charge is 0.493 e. The number of hydrogen-bond acceptors (Lipinski definition) is 3. The zero-order valence-electron chi connectivity index (χ0n) is 17.9. The van der Waals surface area contributed by atoms with E-state index in [4.69, 9.17) is 4.74 Å². The third kappa shape index (κ3) is 4.46. The second-order valence-corrected chi connectivity index (χ2v) is 9.29. The summed E-state index contributed by atoms with van der Waals surface area (Å²) in [5, 5.41) is 3.00. The minimum absolute atomic E-state index is 0.0112. The smallest absolute Gasteiger partial charge is 0.251 e. The number of nitrogens with zero attached hydrogens (tertiary/aromatic N) is 1. The number of benzene rings is 2. The molecule has 2 aromatic rings. The monoisotopic (exact) mass is 418 g/mol. The van der Waals surface area contributed by atoms with Crippen LogP contribution in [0.15, 0.2) is 54.6 Å². The van der Waals surface area contributed by atoms with Crippen molar-refractivity contribution in [2.75, 3.05) is 19.7 Å². The molecule has 0 bridgehead atoms. The van der Waals surface area contributed by atoms with Crippen LogP contribution in [0.3, 0.4) is 0 Å². The number of carbonyl (C=O) groups excluding carboxylic acids is 2. The molecule has 5 nitrogen and oxygen atoms in total. The van der Waals surface area contributed by atoms with E-state index in [-0.39, 0.29) is 17.2 Å². The van der Waals surface area contributed by atoms with Crippen molar-refractivity contribution >= 4 is 11.8 Å². The molecule has 2 aliphatic carbocycles. The molecule has 1 saturated heterocycles. The highest BCUT2D eigenvalue weighted by Gasteiger charge is 2.53. The van der Waals surface area contributed by atoms with Crippen LogP contribution in [0.25, 0.3) is 0 Å². The van der Waals surface area contributed by atoms with Gasteiger partial charge in [0.05, 0.1) is 12.0 Å². The van der Waals surface area contributed by atoms with Gasteiger partial charge in [0.25, 0.3) is 5.91 Å². The lowest BCUT2D eigenvalue weighted by molar-refractivity contribution is -0.136. The molecule has 1 heterocycles. The Labute approximate surface area is 183 Å². The minimum Gasteiger partial charge on any atom is -0.493 e. The van der Waals surface area contributed by atoms with Gasteiger partial charge in [-0.3, -0.25) is 9.59 Å². The summed E-state index contributed by atoms with van der Waals surface area (Å²) in [6.45, 7) is 2.19. The van der Waals surface area contributed by atoms with Crippen LogP contribution in [-0.4, -0.2) is 42.5 Å². The van der Waals surface area contributed by atoms with Crippen LogP contribution < -0.4 is 10.1 Å². The van der Waals surface area contributed by atoms with Gasteiger partial charge in [-0.1, -0.05) is 30.3 Å². The Balaban J connectivity index is 1.15. The van der Waals surface area contributed by atoms with E-state index in [1.165, 1.54) is 0 Å². The zero-order valence-corrected chi connectivity index (χ0v) is 17.9. The number of piperidine rings is 1. The Morgan fingerprint density at radius 3 is 2.42 bits per heavy atom. The number of nitrogens with one attached hydrogen (secondary N) is 1. The molecule has 2 aromatic carbocycles. The van der Waals surface area contributed by atoms with Gasteiger partial charge in [-0.05, 0) is 68.4 Å². The Bertz CT molecular complexity index is 933. The van der Waals surface area contributed by atoms with Crippen molar-refractivity contribution in [3.05, 3.63) is 65.7 Å². The maximum Gasteiger partial charge on any atom is 0.251 e. The molecule has 2 saturated carbocycles. The maximum absolute atomic E-state index is 13.3. The molecular formula is C26H30N2O3. The second-order valence-electron chi connectivity index (χ2n) is 9.29. The molecule has 2 amide bonds. The van der Waals surface area contributed by atoms with Gasteiger partial charge in [-0.2, -0.15) is 0 Å². The molecule has 1 atom stereocenters. The molecule has 1 N–H and O–H groups in total. The minimum atomic E-state index is -0.291. The van der Waals surface area contributed by atoms with Crippen molar-refractivity contribution in [2.24, 2.45) is 5.92 Å². The number of rotatable bonds is 7. The van der Waals surface area contributed by atoms with Gasteiger partial charge in [-0.25, -0.2) is 0 Å². The average Bonchev–Trinajstić information content (AvgIpc) is 3.74. The highest BCUT2D eigenvalue weighted by molar-refractivity contribution is 5.94. The molecular weight excluding hydrogens is 388 g/mol. The van der Waals surface area contributed by atoms with Crippen LogP contribution in [-0.2, 0) is 10.2 Å². The Kier molecular flexibility index (Phi) is 5.43. The standard InChI is InChI=1S/C26H30N2O3/c29-24(27-22-10-11-22)20-8-12-23(13-9-20)31-18-19-5-4-16-28(17-19)25(30)26(14-15-26)21-6-2-1-3-7-21/h1-3,6-9,12-13,19,22H,4-5,10-11,14-18H2,(H,27,29)/t19-/m1/s1. The van der Waals surface area contributed by atoms with E-state index in [1.54, 1.807) is 0 Å². The quantitative estimate of drug-likeness (QED) is 0.741. The molecule has 162 valence electrons. The lowest BCUT2D eigenvalue weighted by Crippen LogP contribution is -2.46. The predicted octanol–water partition coefficient (Wildman–Crippen LogP) is 3.93. The van der Waals surface area contributed by atoms with Crippen molar-refractivity contribution in [3.63, 3.8) is 0 Å². The number of hydrogen-bond donors (Lipinski definition) is 1. The normalized spacial score (nSPS) is 21.9. The molecule has 0 spiro atoms. The summed E-state index contributed by atoms with van der Waals surface area (Å²) < 4.78 is 6.02. The first-order chi connectivity index (χ1) is 15.1. The molecule has 5 heteroatoms. The maximum atomic E-state index is 13.3. The number of amides is 2. The van der Waals surface area contributed by atoms with Crippen LogP contribution >= 0.6 is 0 Å². The third-order valence-corrected chi connectivity index (χ3v) is 6.81. The fraction of sp³-hybridized carbons (Fsp3) is 0.462. The topological polar surface area (TPSA) is 58.6 Å². The summed E-state index contributed by atoms with van der Waals surface area (Å²) in [6.07, 6.45) is 6.16. The molecule has 0 radical (unpaired) electrons. The van der Waals surface area contributed by atoms with Crippen LogP contribution in [0.4, 0.5) is 0 Å². The fourth-order valence-electron chi connectivity index (χ4n) is 4.61. The van der Waals surface area contributed by atoms with E-state index < -0.39 is 0 Å². The van der Waals surface area contributed by atoms with Gasteiger partial charge in [0, 0.05) is 30.6 Å². The average molecular weight is 419 g/mol. The predicted molar refractivity (Wildman–Crippen MR) is 119 cm³/mol. The summed E-state index contributed by atoms with van der Waals surface area (Å²) in [4.78, 5) is 27.5. The Hall–Kier alpha value is -2.82. The first-order valence-corrected chi connectivity index (χ1v) is 11.5. The number of carbonyl (C=O) groups is 2. The van der Waals surface area contributed by atoms with Crippen LogP contribution in [0.1, 0.15) is 54.4 Å².